The molecule has 0 aliphatic carbocycles. The number of rotatable bonds is 8. The van der Waals surface area contributed by atoms with E-state index < -0.39 is 15.9 Å². The van der Waals surface area contributed by atoms with Gasteiger partial charge in [0.05, 0.1) is 18.6 Å². The van der Waals surface area contributed by atoms with Gasteiger partial charge in [-0.15, -0.1) is 0 Å². The van der Waals surface area contributed by atoms with Crippen LogP contribution in [-0.2, 0) is 21.4 Å². The maximum Gasteiger partial charge on any atom is 0.244 e. The van der Waals surface area contributed by atoms with E-state index >= 15 is 0 Å². The highest BCUT2D eigenvalue weighted by Crippen LogP contribution is 2.26. The van der Waals surface area contributed by atoms with Crippen molar-refractivity contribution in [3.63, 3.8) is 0 Å². The molecule has 0 aliphatic rings. The minimum absolute atomic E-state index is 0.0892. The van der Waals surface area contributed by atoms with Gasteiger partial charge in [-0.2, -0.15) is 4.31 Å². The summed E-state index contributed by atoms with van der Waals surface area (Å²) in [5.41, 5.74) is 3.68. The first-order valence-corrected chi connectivity index (χ1v) is 11.7. The summed E-state index contributed by atoms with van der Waals surface area (Å²) in [7, 11) is -2.36. The largest absolute Gasteiger partial charge is 0.497 e. The fourth-order valence-corrected chi connectivity index (χ4v) is 5.55. The Hall–Kier alpha value is -3.16. The van der Waals surface area contributed by atoms with Crippen molar-refractivity contribution in [1.29, 1.82) is 0 Å². The average Bonchev–Trinajstić information content (AvgIpc) is 2.73. The van der Waals surface area contributed by atoms with Crippen molar-refractivity contribution >= 4 is 21.6 Å². The number of hydrogen-bond acceptors (Lipinski definition) is 4. The van der Waals surface area contributed by atoms with Crippen molar-refractivity contribution in [2.75, 3.05) is 19.0 Å². The van der Waals surface area contributed by atoms with Crippen LogP contribution in [0.1, 0.15) is 22.3 Å². The molecule has 0 unspecified atom stereocenters. The van der Waals surface area contributed by atoms with E-state index in [1.165, 1.54) is 4.31 Å². The molecular formula is C25H28N2O4S. The van der Waals surface area contributed by atoms with Crippen molar-refractivity contribution in [1.82, 2.24) is 4.31 Å². The van der Waals surface area contributed by atoms with Gasteiger partial charge in [0, 0.05) is 12.2 Å². The third kappa shape index (κ3) is 5.55. The molecular weight excluding hydrogens is 424 g/mol. The Bertz CT molecular complexity index is 1170. The summed E-state index contributed by atoms with van der Waals surface area (Å²) in [6.07, 6.45) is 0. The van der Waals surface area contributed by atoms with Crippen LogP contribution in [0.25, 0.3) is 0 Å². The molecule has 0 aromatic heterocycles. The minimum atomic E-state index is -3.92. The number of nitrogens with one attached hydrogen (secondary N) is 1. The zero-order valence-corrected chi connectivity index (χ0v) is 19.6. The molecule has 0 spiro atoms. The molecule has 7 heteroatoms. The first-order chi connectivity index (χ1) is 15.2. The van der Waals surface area contributed by atoms with Crippen LogP contribution >= 0.6 is 0 Å². The van der Waals surface area contributed by atoms with E-state index in [-0.39, 0.29) is 18.0 Å². The number of hydrogen-bond donors (Lipinski definition) is 1. The number of sulfonamides is 1. The molecule has 0 fully saturated rings. The Morgan fingerprint density at radius 1 is 0.938 bits per heavy atom. The summed E-state index contributed by atoms with van der Waals surface area (Å²) >= 11 is 0. The highest BCUT2D eigenvalue weighted by atomic mass is 32.2. The monoisotopic (exact) mass is 452 g/mol. The first-order valence-electron chi connectivity index (χ1n) is 10.3. The number of carbonyl (C=O) groups is 1. The fourth-order valence-electron chi connectivity index (χ4n) is 3.75. The lowest BCUT2D eigenvalue weighted by Gasteiger charge is -2.24. The maximum absolute atomic E-state index is 13.7. The van der Waals surface area contributed by atoms with E-state index in [9.17, 15) is 13.2 Å². The van der Waals surface area contributed by atoms with E-state index in [1.807, 2.05) is 49.4 Å². The minimum Gasteiger partial charge on any atom is -0.497 e. The molecule has 168 valence electrons. The molecule has 0 saturated heterocycles. The van der Waals surface area contributed by atoms with Crippen molar-refractivity contribution in [2.24, 2.45) is 0 Å². The molecule has 3 rings (SSSR count). The van der Waals surface area contributed by atoms with E-state index in [1.54, 1.807) is 45.2 Å². The highest BCUT2D eigenvalue weighted by molar-refractivity contribution is 7.89. The summed E-state index contributed by atoms with van der Waals surface area (Å²) in [5, 5.41) is 2.77. The van der Waals surface area contributed by atoms with Gasteiger partial charge in [0.15, 0.2) is 0 Å². The number of methoxy groups -OCH3 is 1. The van der Waals surface area contributed by atoms with Crippen molar-refractivity contribution in [3.05, 3.63) is 89.0 Å². The van der Waals surface area contributed by atoms with Gasteiger partial charge >= 0.3 is 0 Å². The summed E-state index contributed by atoms with van der Waals surface area (Å²) in [4.78, 5) is 13.1. The number of anilines is 1. The zero-order chi connectivity index (χ0) is 23.3. The third-order valence-corrected chi connectivity index (χ3v) is 7.20. The second-order valence-electron chi connectivity index (χ2n) is 7.76. The number of ether oxygens (including phenoxy) is 1. The highest BCUT2D eigenvalue weighted by Gasteiger charge is 2.30. The Kier molecular flexibility index (Phi) is 7.33. The molecule has 1 N–H and O–H groups in total. The predicted molar refractivity (Wildman–Crippen MR) is 126 cm³/mol. The van der Waals surface area contributed by atoms with Crippen LogP contribution in [0.3, 0.4) is 0 Å². The van der Waals surface area contributed by atoms with Crippen molar-refractivity contribution in [2.45, 2.75) is 32.2 Å². The summed E-state index contributed by atoms with van der Waals surface area (Å²) < 4.78 is 33.7. The van der Waals surface area contributed by atoms with Crippen LogP contribution in [0.2, 0.25) is 0 Å². The summed E-state index contributed by atoms with van der Waals surface area (Å²) in [5.74, 6) is 0.249. The molecule has 3 aromatic rings. The molecule has 0 radical (unpaired) electrons. The fraction of sp³-hybridized carbons (Fsp3) is 0.240. The first kappa shape index (κ1) is 23.5. The maximum atomic E-state index is 13.7. The molecule has 0 bridgehead atoms. The van der Waals surface area contributed by atoms with Gasteiger partial charge in [-0.3, -0.25) is 4.79 Å². The summed E-state index contributed by atoms with van der Waals surface area (Å²) in [6, 6.07) is 19.8. The SMILES string of the molecule is COc1ccc(NC(=O)CN(Cc2ccccc2)S(=O)(=O)c2c(C)cc(C)cc2C)cc1. The third-order valence-electron chi connectivity index (χ3n) is 5.10. The molecule has 0 saturated carbocycles. The van der Waals surface area contributed by atoms with Gasteiger partial charge in [0.1, 0.15) is 5.75 Å². The number of amides is 1. The van der Waals surface area contributed by atoms with E-state index in [0.717, 1.165) is 11.1 Å². The summed E-state index contributed by atoms with van der Waals surface area (Å²) in [6.45, 7) is 5.28. The molecule has 0 heterocycles. The number of aryl methyl sites for hydroxylation is 3. The van der Waals surface area contributed by atoms with Crippen LogP contribution < -0.4 is 10.1 Å². The second-order valence-corrected chi connectivity index (χ2v) is 9.64. The Labute approximate surface area is 189 Å². The topological polar surface area (TPSA) is 75.7 Å². The molecule has 3 aromatic carbocycles. The van der Waals surface area contributed by atoms with E-state index in [2.05, 4.69) is 5.32 Å². The molecule has 6 nitrogen and oxygen atoms in total. The Balaban J connectivity index is 1.92. The van der Waals surface area contributed by atoms with E-state index in [0.29, 0.717) is 22.6 Å². The van der Waals surface area contributed by atoms with Gasteiger partial charge in [0.2, 0.25) is 15.9 Å². The lowest BCUT2D eigenvalue weighted by atomic mass is 10.1. The molecule has 32 heavy (non-hydrogen) atoms. The van der Waals surface area contributed by atoms with Crippen LogP contribution in [-0.4, -0.2) is 32.3 Å². The zero-order valence-electron chi connectivity index (χ0n) is 18.8. The van der Waals surface area contributed by atoms with Crippen LogP contribution in [0.15, 0.2) is 71.6 Å². The number of benzene rings is 3. The van der Waals surface area contributed by atoms with Gasteiger partial charge in [0.25, 0.3) is 0 Å². The van der Waals surface area contributed by atoms with Gasteiger partial charge in [-0.1, -0.05) is 48.0 Å². The molecule has 1 amide bonds. The van der Waals surface area contributed by atoms with Crippen molar-refractivity contribution in [3.8, 4) is 5.75 Å². The van der Waals surface area contributed by atoms with Crippen molar-refractivity contribution < 1.29 is 17.9 Å². The van der Waals surface area contributed by atoms with Crippen LogP contribution in [0.4, 0.5) is 5.69 Å². The van der Waals surface area contributed by atoms with Gasteiger partial charge in [-0.25, -0.2) is 8.42 Å². The predicted octanol–water partition coefficient (Wildman–Crippen LogP) is 4.45. The Morgan fingerprint density at radius 2 is 1.53 bits per heavy atom. The lowest BCUT2D eigenvalue weighted by molar-refractivity contribution is -0.116. The van der Waals surface area contributed by atoms with Gasteiger partial charge in [-0.05, 0) is 61.7 Å². The van der Waals surface area contributed by atoms with Crippen LogP contribution in [0.5, 0.6) is 5.75 Å². The van der Waals surface area contributed by atoms with Gasteiger partial charge < -0.3 is 10.1 Å². The van der Waals surface area contributed by atoms with Crippen LogP contribution in [0, 0.1) is 20.8 Å². The van der Waals surface area contributed by atoms with E-state index in [4.69, 9.17) is 4.74 Å². The second kappa shape index (κ2) is 9.97. The Morgan fingerprint density at radius 3 is 2.09 bits per heavy atom. The number of nitrogens with zero attached hydrogens (tertiary/aromatic N) is 1. The standard InChI is InChI=1S/C25H28N2O4S/c1-18-14-19(2)25(20(3)15-18)32(29,30)27(16-21-8-6-5-7-9-21)17-24(28)26-22-10-12-23(31-4)13-11-22/h5-15H,16-17H2,1-4H3,(H,26,28). The molecule has 0 atom stereocenters. The molecule has 0 aliphatic heterocycles. The smallest absolute Gasteiger partial charge is 0.244 e. The average molecular weight is 453 g/mol. The quantitative estimate of drug-likeness (QED) is 0.548. The normalized spacial score (nSPS) is 11.4. The number of carbonyl (C=O) groups excluding carboxylic acids is 1. The lowest BCUT2D eigenvalue weighted by Crippen LogP contribution is -2.38.